The van der Waals surface area contributed by atoms with Gasteiger partial charge in [-0.05, 0) is 24.1 Å². The lowest BCUT2D eigenvalue weighted by atomic mass is 9.65. The fourth-order valence-electron chi connectivity index (χ4n) is 2.12. The summed E-state index contributed by atoms with van der Waals surface area (Å²) in [6.45, 7) is 6.51. The smallest absolute Gasteiger partial charge is 0.120 e. The second-order valence-corrected chi connectivity index (χ2v) is 5.27. The zero-order valence-corrected chi connectivity index (χ0v) is 10.4. The first-order valence-electron chi connectivity index (χ1n) is 6.05. The minimum absolute atomic E-state index is 0.0994. The van der Waals surface area contributed by atoms with Gasteiger partial charge in [-0.15, -0.1) is 0 Å². The molecule has 2 heteroatoms. The first kappa shape index (κ1) is 11.5. The zero-order valence-electron chi connectivity index (χ0n) is 10.4. The van der Waals surface area contributed by atoms with Crippen molar-refractivity contribution in [3.63, 3.8) is 0 Å². The molecular weight excluding hydrogens is 198 g/mol. The number of aryl methyl sites for hydroxylation is 1. The third-order valence-electron chi connectivity index (χ3n) is 3.84. The van der Waals surface area contributed by atoms with E-state index in [4.69, 9.17) is 10.5 Å². The fraction of sp³-hybridized carbons (Fsp3) is 0.571. The first-order chi connectivity index (χ1) is 7.54. The SMILES string of the molecule is CCc1cccc(OC2CC(N)C2(C)C)c1. The van der Waals surface area contributed by atoms with Gasteiger partial charge >= 0.3 is 0 Å². The molecule has 2 atom stereocenters. The van der Waals surface area contributed by atoms with Gasteiger partial charge in [-0.1, -0.05) is 32.9 Å². The highest BCUT2D eigenvalue weighted by Crippen LogP contribution is 2.41. The molecular formula is C14H21NO. The number of ether oxygens (including phenoxy) is 1. The Morgan fingerprint density at radius 2 is 2.19 bits per heavy atom. The average Bonchev–Trinajstić information content (AvgIpc) is 2.29. The van der Waals surface area contributed by atoms with Crippen molar-refractivity contribution < 1.29 is 4.74 Å². The van der Waals surface area contributed by atoms with Crippen molar-refractivity contribution in [2.45, 2.75) is 45.8 Å². The molecule has 0 amide bonds. The van der Waals surface area contributed by atoms with Crippen LogP contribution in [0.5, 0.6) is 5.75 Å². The van der Waals surface area contributed by atoms with Crippen LogP contribution < -0.4 is 10.5 Å². The van der Waals surface area contributed by atoms with Crippen molar-refractivity contribution in [3.8, 4) is 5.75 Å². The molecule has 1 fully saturated rings. The van der Waals surface area contributed by atoms with E-state index < -0.39 is 0 Å². The van der Waals surface area contributed by atoms with Gasteiger partial charge in [-0.3, -0.25) is 0 Å². The lowest BCUT2D eigenvalue weighted by molar-refractivity contribution is -0.0400. The fourth-order valence-corrected chi connectivity index (χ4v) is 2.12. The van der Waals surface area contributed by atoms with Crippen molar-refractivity contribution in [2.24, 2.45) is 11.1 Å². The Kier molecular flexibility index (Phi) is 2.94. The summed E-state index contributed by atoms with van der Waals surface area (Å²) in [4.78, 5) is 0. The topological polar surface area (TPSA) is 35.2 Å². The molecule has 0 saturated heterocycles. The van der Waals surface area contributed by atoms with Gasteiger partial charge in [0.25, 0.3) is 0 Å². The summed E-state index contributed by atoms with van der Waals surface area (Å²) in [7, 11) is 0. The van der Waals surface area contributed by atoms with E-state index >= 15 is 0 Å². The van der Waals surface area contributed by atoms with Crippen LogP contribution in [-0.2, 0) is 6.42 Å². The molecule has 2 unspecified atom stereocenters. The summed E-state index contributed by atoms with van der Waals surface area (Å²) in [6.07, 6.45) is 2.27. The Bertz CT molecular complexity index is 373. The Morgan fingerprint density at radius 3 is 2.75 bits per heavy atom. The molecule has 1 saturated carbocycles. The van der Waals surface area contributed by atoms with Gasteiger partial charge in [0.05, 0.1) is 0 Å². The van der Waals surface area contributed by atoms with E-state index in [0.29, 0.717) is 0 Å². The van der Waals surface area contributed by atoms with Gasteiger partial charge in [0.1, 0.15) is 11.9 Å². The summed E-state index contributed by atoms with van der Waals surface area (Å²) < 4.78 is 6.00. The Morgan fingerprint density at radius 1 is 1.44 bits per heavy atom. The maximum absolute atomic E-state index is 6.00. The van der Waals surface area contributed by atoms with Crippen LogP contribution in [0.4, 0.5) is 0 Å². The summed E-state index contributed by atoms with van der Waals surface area (Å²) in [6, 6.07) is 8.61. The van der Waals surface area contributed by atoms with Gasteiger partial charge in [0.15, 0.2) is 0 Å². The standard InChI is InChI=1S/C14H21NO/c1-4-10-6-5-7-11(8-10)16-13-9-12(15)14(13,2)3/h5-8,12-13H,4,9,15H2,1-3H3. The van der Waals surface area contributed by atoms with E-state index in [1.54, 1.807) is 0 Å². The van der Waals surface area contributed by atoms with E-state index in [9.17, 15) is 0 Å². The number of benzene rings is 1. The van der Waals surface area contributed by atoms with Crippen LogP contribution in [0.2, 0.25) is 0 Å². The molecule has 2 nitrogen and oxygen atoms in total. The van der Waals surface area contributed by atoms with Crippen molar-refractivity contribution in [2.75, 3.05) is 0 Å². The van der Waals surface area contributed by atoms with Crippen LogP contribution in [-0.4, -0.2) is 12.1 Å². The largest absolute Gasteiger partial charge is 0.490 e. The van der Waals surface area contributed by atoms with E-state index in [0.717, 1.165) is 18.6 Å². The third kappa shape index (κ3) is 1.94. The van der Waals surface area contributed by atoms with Crippen LogP contribution >= 0.6 is 0 Å². The maximum Gasteiger partial charge on any atom is 0.120 e. The Labute approximate surface area is 97.8 Å². The molecule has 1 aliphatic carbocycles. The highest BCUT2D eigenvalue weighted by Gasteiger charge is 2.47. The number of rotatable bonds is 3. The highest BCUT2D eigenvalue weighted by molar-refractivity contribution is 5.29. The molecule has 0 radical (unpaired) electrons. The third-order valence-corrected chi connectivity index (χ3v) is 3.84. The molecule has 0 aliphatic heterocycles. The Hall–Kier alpha value is -1.02. The molecule has 0 bridgehead atoms. The molecule has 0 heterocycles. The van der Waals surface area contributed by atoms with Crippen LogP contribution in [0.25, 0.3) is 0 Å². The second kappa shape index (κ2) is 4.10. The molecule has 0 spiro atoms. The minimum atomic E-state index is 0.0994. The molecule has 2 N–H and O–H groups in total. The van der Waals surface area contributed by atoms with E-state index in [-0.39, 0.29) is 17.6 Å². The molecule has 2 rings (SSSR count). The molecule has 16 heavy (non-hydrogen) atoms. The summed E-state index contributed by atoms with van der Waals surface area (Å²) in [5.74, 6) is 0.976. The summed E-state index contributed by atoms with van der Waals surface area (Å²) in [5.41, 5.74) is 7.39. The van der Waals surface area contributed by atoms with Gasteiger partial charge < -0.3 is 10.5 Å². The van der Waals surface area contributed by atoms with Crippen molar-refractivity contribution in [1.29, 1.82) is 0 Å². The lowest BCUT2D eigenvalue weighted by Gasteiger charge is -2.49. The first-order valence-corrected chi connectivity index (χ1v) is 6.05. The number of nitrogens with two attached hydrogens (primary N) is 1. The van der Waals surface area contributed by atoms with Crippen LogP contribution in [0.3, 0.4) is 0 Å². The van der Waals surface area contributed by atoms with Crippen LogP contribution in [0, 0.1) is 5.41 Å². The van der Waals surface area contributed by atoms with Gasteiger partial charge in [-0.2, -0.15) is 0 Å². The average molecular weight is 219 g/mol. The molecule has 0 aromatic heterocycles. The maximum atomic E-state index is 6.00. The monoisotopic (exact) mass is 219 g/mol. The molecule has 1 aliphatic rings. The minimum Gasteiger partial charge on any atom is -0.490 e. The zero-order chi connectivity index (χ0) is 11.8. The van der Waals surface area contributed by atoms with Crippen molar-refractivity contribution in [1.82, 2.24) is 0 Å². The number of hydrogen-bond donors (Lipinski definition) is 1. The van der Waals surface area contributed by atoms with E-state index in [1.807, 2.05) is 6.07 Å². The predicted octanol–water partition coefficient (Wildman–Crippen LogP) is 2.75. The normalized spacial score (nSPS) is 27.2. The summed E-state index contributed by atoms with van der Waals surface area (Å²) in [5, 5.41) is 0. The molecule has 88 valence electrons. The van der Waals surface area contributed by atoms with Crippen molar-refractivity contribution in [3.05, 3.63) is 29.8 Å². The lowest BCUT2D eigenvalue weighted by Crippen LogP contribution is -2.60. The van der Waals surface area contributed by atoms with E-state index in [1.165, 1.54) is 5.56 Å². The quantitative estimate of drug-likeness (QED) is 0.848. The van der Waals surface area contributed by atoms with Gasteiger partial charge in [0.2, 0.25) is 0 Å². The second-order valence-electron chi connectivity index (χ2n) is 5.27. The van der Waals surface area contributed by atoms with Crippen LogP contribution in [0.15, 0.2) is 24.3 Å². The predicted molar refractivity (Wildman–Crippen MR) is 66.6 cm³/mol. The molecule has 1 aromatic rings. The number of hydrogen-bond acceptors (Lipinski definition) is 2. The van der Waals surface area contributed by atoms with Gasteiger partial charge in [0, 0.05) is 17.9 Å². The molecule has 1 aromatic carbocycles. The van der Waals surface area contributed by atoms with Gasteiger partial charge in [-0.25, -0.2) is 0 Å². The van der Waals surface area contributed by atoms with Crippen LogP contribution in [0.1, 0.15) is 32.8 Å². The van der Waals surface area contributed by atoms with E-state index in [2.05, 4.69) is 39.0 Å². The van der Waals surface area contributed by atoms with Crippen molar-refractivity contribution >= 4 is 0 Å². The summed E-state index contributed by atoms with van der Waals surface area (Å²) >= 11 is 0. The Balaban J connectivity index is 2.05. The highest BCUT2D eigenvalue weighted by atomic mass is 16.5.